The van der Waals surface area contributed by atoms with E-state index in [4.69, 9.17) is 0 Å². The third kappa shape index (κ3) is 5.50. The first kappa shape index (κ1) is 22.7. The first-order valence-corrected chi connectivity index (χ1v) is 10.6. The highest BCUT2D eigenvalue weighted by molar-refractivity contribution is 5.76. The van der Waals surface area contributed by atoms with Crippen LogP contribution in [-0.4, -0.2) is 54.0 Å². The van der Waals surface area contributed by atoms with Crippen LogP contribution in [0.25, 0.3) is 0 Å². The molecule has 1 N–H and O–H groups in total. The Morgan fingerprint density at radius 1 is 1.11 bits per heavy atom. The van der Waals surface area contributed by atoms with Crippen molar-refractivity contribution in [2.24, 2.45) is 0 Å². The van der Waals surface area contributed by atoms with Crippen molar-refractivity contribution in [2.45, 2.75) is 84.1 Å². The molecule has 2 rings (SSSR count). The van der Waals surface area contributed by atoms with Crippen LogP contribution in [0, 0.1) is 0 Å². The molecule has 1 saturated heterocycles. The van der Waals surface area contributed by atoms with Crippen molar-refractivity contribution < 1.29 is 9.90 Å². The molecular weight excluding hydrogens is 348 g/mol. The quantitative estimate of drug-likeness (QED) is 0.827. The number of hydrogen-bond acceptors (Lipinski definition) is 3. The Balaban J connectivity index is 2.18. The van der Waals surface area contributed by atoms with E-state index in [0.717, 1.165) is 36.2 Å². The topological polar surface area (TPSA) is 43.8 Å². The molecule has 1 aromatic rings. The maximum absolute atomic E-state index is 12.8. The maximum atomic E-state index is 12.8. The molecule has 1 amide bonds. The number of carbonyl (C=O) groups is 1. The average Bonchev–Trinajstić information content (AvgIpc) is 2.58. The van der Waals surface area contributed by atoms with E-state index in [9.17, 15) is 9.90 Å². The second-order valence-electron chi connectivity index (χ2n) is 10.6. The Morgan fingerprint density at radius 2 is 1.64 bits per heavy atom. The molecule has 0 spiro atoms. The lowest BCUT2D eigenvalue weighted by atomic mass is 9.78. The van der Waals surface area contributed by atoms with Crippen LogP contribution in [0.3, 0.4) is 0 Å². The van der Waals surface area contributed by atoms with Gasteiger partial charge >= 0.3 is 0 Å². The fraction of sp³-hybridized carbons (Fsp3) is 0.708. The number of carbonyl (C=O) groups excluding carboxylic acids is 1. The molecule has 1 atom stereocenters. The van der Waals surface area contributed by atoms with Gasteiger partial charge in [-0.2, -0.15) is 0 Å². The molecule has 158 valence electrons. The van der Waals surface area contributed by atoms with E-state index < -0.39 is 0 Å². The summed E-state index contributed by atoms with van der Waals surface area (Å²) in [6.07, 6.45) is 3.49. The molecule has 0 radical (unpaired) electrons. The van der Waals surface area contributed by atoms with Gasteiger partial charge in [-0.1, -0.05) is 53.7 Å². The highest BCUT2D eigenvalue weighted by Crippen LogP contribution is 2.40. The molecular formula is C24H40N2O2. The minimum absolute atomic E-state index is 0.143. The minimum Gasteiger partial charge on any atom is -0.507 e. The molecule has 1 fully saturated rings. The van der Waals surface area contributed by atoms with Gasteiger partial charge in [0.05, 0.1) is 0 Å². The third-order valence-corrected chi connectivity index (χ3v) is 5.89. The summed E-state index contributed by atoms with van der Waals surface area (Å²) in [5.41, 5.74) is 2.79. The van der Waals surface area contributed by atoms with E-state index in [0.29, 0.717) is 24.6 Å². The van der Waals surface area contributed by atoms with E-state index in [1.807, 2.05) is 4.90 Å². The molecule has 1 aliphatic heterocycles. The van der Waals surface area contributed by atoms with Gasteiger partial charge in [0.25, 0.3) is 0 Å². The Kier molecular flexibility index (Phi) is 6.86. The highest BCUT2D eigenvalue weighted by Gasteiger charge is 2.28. The van der Waals surface area contributed by atoms with Crippen LogP contribution in [0.2, 0.25) is 0 Å². The summed E-state index contributed by atoms with van der Waals surface area (Å²) < 4.78 is 0. The zero-order chi connectivity index (χ0) is 21.3. The monoisotopic (exact) mass is 388 g/mol. The number of rotatable bonds is 4. The molecule has 4 heteroatoms. The first-order valence-electron chi connectivity index (χ1n) is 10.6. The molecule has 0 aliphatic carbocycles. The van der Waals surface area contributed by atoms with Gasteiger partial charge in [0.1, 0.15) is 5.75 Å². The molecule has 1 aliphatic rings. The SMILES string of the molecule is CN(C)C1CCCN(C(=O)CCc2cc(C(C)(C)C)c(O)c(C(C)(C)C)c2)C1. The summed E-state index contributed by atoms with van der Waals surface area (Å²) in [6.45, 7) is 14.5. The predicted molar refractivity (Wildman–Crippen MR) is 117 cm³/mol. The van der Waals surface area contributed by atoms with Crippen LogP contribution < -0.4 is 0 Å². The van der Waals surface area contributed by atoms with E-state index in [-0.39, 0.29) is 16.7 Å². The molecule has 1 heterocycles. The normalized spacial score (nSPS) is 18.6. The van der Waals surface area contributed by atoms with Crippen molar-refractivity contribution in [2.75, 3.05) is 27.2 Å². The van der Waals surface area contributed by atoms with Crippen LogP contribution >= 0.6 is 0 Å². The van der Waals surface area contributed by atoms with E-state index in [2.05, 4.69) is 72.7 Å². The number of likely N-dealkylation sites (tertiary alicyclic amines) is 1. The molecule has 28 heavy (non-hydrogen) atoms. The number of aryl methyl sites for hydroxylation is 1. The summed E-state index contributed by atoms with van der Waals surface area (Å²) >= 11 is 0. The van der Waals surface area contributed by atoms with Crippen LogP contribution in [0.4, 0.5) is 0 Å². The van der Waals surface area contributed by atoms with Gasteiger partial charge in [-0.25, -0.2) is 0 Å². The van der Waals surface area contributed by atoms with Crippen molar-refractivity contribution in [3.05, 3.63) is 28.8 Å². The summed E-state index contributed by atoms with van der Waals surface area (Å²) in [4.78, 5) is 17.1. The number of amides is 1. The smallest absolute Gasteiger partial charge is 0.222 e. The second-order valence-corrected chi connectivity index (χ2v) is 10.6. The van der Waals surface area contributed by atoms with Crippen molar-refractivity contribution in [1.29, 1.82) is 0 Å². The van der Waals surface area contributed by atoms with Crippen LogP contribution in [0.5, 0.6) is 5.75 Å². The van der Waals surface area contributed by atoms with Crippen molar-refractivity contribution in [1.82, 2.24) is 9.80 Å². The van der Waals surface area contributed by atoms with Gasteiger partial charge in [0, 0.05) is 25.6 Å². The zero-order valence-electron chi connectivity index (χ0n) is 19.2. The summed E-state index contributed by atoms with van der Waals surface area (Å²) in [5, 5.41) is 10.9. The number of piperidine rings is 1. The zero-order valence-corrected chi connectivity index (χ0v) is 19.2. The van der Waals surface area contributed by atoms with E-state index in [1.165, 1.54) is 6.42 Å². The van der Waals surface area contributed by atoms with E-state index >= 15 is 0 Å². The number of benzene rings is 1. The Hall–Kier alpha value is -1.55. The molecule has 0 bridgehead atoms. The van der Waals surface area contributed by atoms with Crippen molar-refractivity contribution in [3.8, 4) is 5.75 Å². The Bertz CT molecular complexity index is 661. The van der Waals surface area contributed by atoms with Gasteiger partial charge in [0.2, 0.25) is 5.91 Å². The molecule has 1 unspecified atom stereocenters. The van der Waals surface area contributed by atoms with Gasteiger partial charge in [-0.3, -0.25) is 4.79 Å². The summed E-state index contributed by atoms with van der Waals surface area (Å²) in [6, 6.07) is 4.65. The van der Waals surface area contributed by atoms with E-state index in [1.54, 1.807) is 0 Å². The van der Waals surface area contributed by atoms with Gasteiger partial charge < -0.3 is 14.9 Å². The molecule has 0 saturated carbocycles. The van der Waals surface area contributed by atoms with Gasteiger partial charge in [-0.05, 0) is 60.9 Å². The van der Waals surface area contributed by atoms with Crippen molar-refractivity contribution in [3.63, 3.8) is 0 Å². The van der Waals surface area contributed by atoms with Gasteiger partial charge in [-0.15, -0.1) is 0 Å². The predicted octanol–water partition coefficient (Wildman–Crippen LogP) is 4.47. The molecule has 1 aromatic carbocycles. The second kappa shape index (κ2) is 8.44. The fourth-order valence-corrected chi connectivity index (χ4v) is 3.99. The number of phenolic OH excluding ortho intramolecular Hbond substituents is 1. The fourth-order valence-electron chi connectivity index (χ4n) is 3.99. The van der Waals surface area contributed by atoms with Crippen LogP contribution in [0.15, 0.2) is 12.1 Å². The lowest BCUT2D eigenvalue weighted by Crippen LogP contribution is -2.47. The summed E-state index contributed by atoms with van der Waals surface area (Å²) in [7, 11) is 4.19. The number of nitrogens with zero attached hydrogens (tertiary/aromatic N) is 2. The standard InChI is InChI=1S/C24H40N2O2/c1-23(2,3)19-14-17(15-20(22(19)28)24(4,5)6)11-12-21(27)26-13-9-10-18(16-26)25(7)8/h14-15,18,28H,9-13,16H2,1-8H3. The molecule has 0 aromatic heterocycles. The molecule has 4 nitrogen and oxygen atoms in total. The van der Waals surface area contributed by atoms with Crippen molar-refractivity contribution >= 4 is 5.91 Å². The van der Waals surface area contributed by atoms with Gasteiger partial charge in [0.15, 0.2) is 0 Å². The number of likely N-dealkylation sites (N-methyl/N-ethyl adjacent to an activating group) is 1. The largest absolute Gasteiger partial charge is 0.507 e. The Labute approximate surface area is 171 Å². The Morgan fingerprint density at radius 3 is 2.11 bits per heavy atom. The summed E-state index contributed by atoms with van der Waals surface area (Å²) in [5.74, 6) is 0.647. The highest BCUT2D eigenvalue weighted by atomic mass is 16.3. The van der Waals surface area contributed by atoms with Crippen LogP contribution in [0.1, 0.15) is 77.5 Å². The number of hydrogen-bond donors (Lipinski definition) is 1. The number of aromatic hydroxyl groups is 1. The third-order valence-electron chi connectivity index (χ3n) is 5.89. The maximum Gasteiger partial charge on any atom is 0.222 e. The average molecular weight is 389 g/mol. The minimum atomic E-state index is -0.143. The lowest BCUT2D eigenvalue weighted by molar-refractivity contribution is -0.133. The number of phenols is 1. The van der Waals surface area contributed by atoms with Crippen LogP contribution in [-0.2, 0) is 22.0 Å². The lowest BCUT2D eigenvalue weighted by Gasteiger charge is -2.36. The first-order chi connectivity index (χ1) is 12.8.